The lowest BCUT2D eigenvalue weighted by Gasteiger charge is -2.32. The minimum absolute atomic E-state index is 0.00212. The SMILES string of the molecule is CCSc1ccc(CC(=O)Nc2ccc3c(n2)CCC(C)(c2ccc(CC)nn2)C3=O)cc1. The fraction of sp³-hybridized carbons (Fsp3) is 0.346. The summed E-state index contributed by atoms with van der Waals surface area (Å²) in [6, 6.07) is 15.3. The second kappa shape index (κ2) is 9.83. The Bertz CT molecular complexity index is 1160. The summed E-state index contributed by atoms with van der Waals surface area (Å²) in [5.74, 6) is 1.36. The zero-order valence-electron chi connectivity index (χ0n) is 19.2. The molecular formula is C26H28N4O2S. The van der Waals surface area contributed by atoms with Crippen molar-refractivity contribution in [3.8, 4) is 0 Å². The number of rotatable bonds is 7. The monoisotopic (exact) mass is 460 g/mol. The van der Waals surface area contributed by atoms with E-state index in [0.29, 0.717) is 35.6 Å². The van der Waals surface area contributed by atoms with Crippen molar-refractivity contribution in [3.63, 3.8) is 0 Å². The number of Topliss-reactive ketones (excluding diaryl/α,β-unsaturated/α-hetero) is 1. The summed E-state index contributed by atoms with van der Waals surface area (Å²) in [6.07, 6.45) is 2.32. The van der Waals surface area contributed by atoms with E-state index < -0.39 is 5.41 Å². The first-order valence-electron chi connectivity index (χ1n) is 11.3. The maximum Gasteiger partial charge on any atom is 0.229 e. The molecule has 2 heterocycles. The summed E-state index contributed by atoms with van der Waals surface area (Å²) in [7, 11) is 0. The first kappa shape index (κ1) is 23.1. The van der Waals surface area contributed by atoms with Crippen LogP contribution in [0, 0.1) is 0 Å². The molecule has 3 aromatic rings. The summed E-state index contributed by atoms with van der Waals surface area (Å²) < 4.78 is 0. The number of anilines is 1. The largest absolute Gasteiger partial charge is 0.310 e. The highest BCUT2D eigenvalue weighted by Gasteiger charge is 2.42. The number of benzene rings is 1. The van der Waals surface area contributed by atoms with Crippen molar-refractivity contribution in [1.82, 2.24) is 15.2 Å². The average molecular weight is 461 g/mol. The Hall–Kier alpha value is -3.06. The van der Waals surface area contributed by atoms with Gasteiger partial charge >= 0.3 is 0 Å². The van der Waals surface area contributed by atoms with Crippen LogP contribution in [0.3, 0.4) is 0 Å². The number of fused-ring (bicyclic) bond motifs is 1. The number of thioether (sulfide) groups is 1. The van der Waals surface area contributed by atoms with Gasteiger partial charge in [0.1, 0.15) is 5.82 Å². The maximum atomic E-state index is 13.3. The van der Waals surface area contributed by atoms with Crippen LogP contribution in [0.25, 0.3) is 0 Å². The van der Waals surface area contributed by atoms with Crippen LogP contribution in [0.2, 0.25) is 0 Å². The molecule has 1 N–H and O–H groups in total. The molecular weight excluding hydrogens is 432 g/mol. The van der Waals surface area contributed by atoms with Gasteiger partial charge in [0.25, 0.3) is 0 Å². The highest BCUT2D eigenvalue weighted by Crippen LogP contribution is 2.37. The van der Waals surface area contributed by atoms with Crippen LogP contribution < -0.4 is 5.32 Å². The summed E-state index contributed by atoms with van der Waals surface area (Å²) in [5, 5.41) is 11.4. The van der Waals surface area contributed by atoms with Crippen LogP contribution in [-0.2, 0) is 29.5 Å². The third-order valence-corrected chi connectivity index (χ3v) is 6.99. The molecule has 1 atom stereocenters. The van der Waals surface area contributed by atoms with Gasteiger partial charge < -0.3 is 5.32 Å². The highest BCUT2D eigenvalue weighted by atomic mass is 32.2. The van der Waals surface area contributed by atoms with E-state index in [4.69, 9.17) is 0 Å². The number of pyridine rings is 1. The quantitative estimate of drug-likeness (QED) is 0.509. The van der Waals surface area contributed by atoms with Gasteiger partial charge in [-0.1, -0.05) is 26.0 Å². The van der Waals surface area contributed by atoms with Gasteiger partial charge in [0.05, 0.1) is 28.9 Å². The van der Waals surface area contributed by atoms with Gasteiger partial charge in [0.2, 0.25) is 5.91 Å². The van der Waals surface area contributed by atoms with Gasteiger partial charge in [-0.15, -0.1) is 11.8 Å². The zero-order valence-corrected chi connectivity index (χ0v) is 20.0. The van der Waals surface area contributed by atoms with Crippen molar-refractivity contribution in [2.45, 2.75) is 56.8 Å². The lowest BCUT2D eigenvalue weighted by atomic mass is 9.71. The number of hydrogen-bond acceptors (Lipinski definition) is 6. The van der Waals surface area contributed by atoms with E-state index in [0.717, 1.165) is 23.4 Å². The van der Waals surface area contributed by atoms with Crippen LogP contribution >= 0.6 is 11.8 Å². The van der Waals surface area contributed by atoms with E-state index >= 15 is 0 Å². The van der Waals surface area contributed by atoms with Gasteiger partial charge in [-0.05, 0) is 73.9 Å². The third-order valence-electron chi connectivity index (χ3n) is 6.10. The number of carbonyl (C=O) groups excluding carboxylic acids is 2. The van der Waals surface area contributed by atoms with Crippen molar-refractivity contribution in [2.75, 3.05) is 11.1 Å². The number of nitrogens with zero attached hydrogens (tertiary/aromatic N) is 3. The number of carbonyl (C=O) groups is 2. The van der Waals surface area contributed by atoms with Crippen molar-refractivity contribution in [2.24, 2.45) is 0 Å². The molecule has 0 spiro atoms. The molecule has 170 valence electrons. The van der Waals surface area contributed by atoms with E-state index in [1.165, 1.54) is 4.90 Å². The second-order valence-electron chi connectivity index (χ2n) is 8.42. The minimum Gasteiger partial charge on any atom is -0.310 e. The molecule has 0 radical (unpaired) electrons. The second-order valence-corrected chi connectivity index (χ2v) is 9.75. The van der Waals surface area contributed by atoms with Gasteiger partial charge in [0, 0.05) is 10.5 Å². The Morgan fingerprint density at radius 2 is 1.85 bits per heavy atom. The number of aromatic nitrogens is 3. The lowest BCUT2D eigenvalue weighted by Crippen LogP contribution is -2.39. The summed E-state index contributed by atoms with van der Waals surface area (Å²) in [4.78, 5) is 31.6. The molecule has 4 rings (SSSR count). The molecule has 2 aromatic heterocycles. The van der Waals surface area contributed by atoms with Gasteiger partial charge in [-0.25, -0.2) is 4.98 Å². The molecule has 6 nitrogen and oxygen atoms in total. The van der Waals surface area contributed by atoms with Crippen molar-refractivity contribution >= 4 is 29.3 Å². The van der Waals surface area contributed by atoms with Crippen LogP contribution in [0.4, 0.5) is 5.82 Å². The number of hydrogen-bond donors (Lipinski definition) is 1. The standard InChI is InChI=1S/C26H28N4O2S/c1-4-18-8-12-22(30-29-18)26(3)15-14-21-20(25(26)32)11-13-23(27-21)28-24(31)16-17-6-9-19(10-7-17)33-5-2/h6-13H,4-5,14-16H2,1-3H3,(H,27,28,31). The zero-order chi connectivity index (χ0) is 23.4. The Balaban J connectivity index is 1.45. The first-order valence-corrected chi connectivity index (χ1v) is 12.3. The number of aryl methyl sites for hydroxylation is 2. The Morgan fingerprint density at radius 3 is 2.52 bits per heavy atom. The highest BCUT2D eigenvalue weighted by molar-refractivity contribution is 7.99. The Kier molecular flexibility index (Phi) is 6.88. The fourth-order valence-corrected chi connectivity index (χ4v) is 4.74. The van der Waals surface area contributed by atoms with Gasteiger partial charge in [-0.3, -0.25) is 9.59 Å². The molecule has 0 fully saturated rings. The molecule has 1 amide bonds. The number of amides is 1. The van der Waals surface area contributed by atoms with Crippen LogP contribution in [0.5, 0.6) is 0 Å². The first-order chi connectivity index (χ1) is 15.9. The third kappa shape index (κ3) is 4.98. The number of nitrogens with one attached hydrogen (secondary N) is 1. The summed E-state index contributed by atoms with van der Waals surface area (Å²) in [5.41, 5.74) is 3.13. The topological polar surface area (TPSA) is 84.8 Å². The average Bonchev–Trinajstić information content (AvgIpc) is 2.83. The molecule has 1 unspecified atom stereocenters. The van der Waals surface area contributed by atoms with E-state index in [-0.39, 0.29) is 18.1 Å². The van der Waals surface area contributed by atoms with E-state index in [1.807, 2.05) is 50.2 Å². The minimum atomic E-state index is -0.721. The molecule has 33 heavy (non-hydrogen) atoms. The summed E-state index contributed by atoms with van der Waals surface area (Å²) >= 11 is 1.77. The van der Waals surface area contributed by atoms with Crippen LogP contribution in [0.1, 0.15) is 60.2 Å². The van der Waals surface area contributed by atoms with Crippen molar-refractivity contribution in [1.29, 1.82) is 0 Å². The summed E-state index contributed by atoms with van der Waals surface area (Å²) in [6.45, 7) is 6.06. The molecule has 0 saturated heterocycles. The van der Waals surface area contributed by atoms with E-state index in [2.05, 4.69) is 27.4 Å². The smallest absolute Gasteiger partial charge is 0.229 e. The van der Waals surface area contributed by atoms with Crippen LogP contribution in [0.15, 0.2) is 53.4 Å². The number of ketones is 1. The lowest BCUT2D eigenvalue weighted by molar-refractivity contribution is -0.115. The maximum absolute atomic E-state index is 13.3. The van der Waals surface area contributed by atoms with Gasteiger partial charge in [-0.2, -0.15) is 10.2 Å². The van der Waals surface area contributed by atoms with Gasteiger partial charge in [0.15, 0.2) is 5.78 Å². The molecule has 1 aromatic carbocycles. The predicted octanol–water partition coefficient (Wildman–Crippen LogP) is 4.81. The molecule has 0 saturated carbocycles. The fourth-order valence-electron chi connectivity index (χ4n) is 4.08. The molecule has 0 bridgehead atoms. The normalized spacial score (nSPS) is 17.5. The van der Waals surface area contributed by atoms with Crippen LogP contribution in [-0.4, -0.2) is 32.6 Å². The molecule has 1 aliphatic carbocycles. The Labute approximate surface area is 198 Å². The Morgan fingerprint density at radius 1 is 1.06 bits per heavy atom. The van der Waals surface area contributed by atoms with Crippen molar-refractivity contribution in [3.05, 3.63) is 76.7 Å². The van der Waals surface area contributed by atoms with E-state index in [1.54, 1.807) is 23.9 Å². The predicted molar refractivity (Wildman–Crippen MR) is 131 cm³/mol. The van der Waals surface area contributed by atoms with Crippen molar-refractivity contribution < 1.29 is 9.59 Å². The molecule has 0 aliphatic heterocycles. The van der Waals surface area contributed by atoms with E-state index in [9.17, 15) is 9.59 Å². The molecule has 1 aliphatic rings. The molecule has 7 heteroatoms.